The summed E-state index contributed by atoms with van der Waals surface area (Å²) in [6.45, 7) is 0. The van der Waals surface area contributed by atoms with E-state index in [4.69, 9.17) is 10.5 Å². The third-order valence-corrected chi connectivity index (χ3v) is 3.33. The summed E-state index contributed by atoms with van der Waals surface area (Å²) in [6, 6.07) is 9.56. The standard InChI is InChI=1S/C13H9BrN4O/c14-10-12(15)17-7-18-13(10)19-9-5-1-3-8-4-2-6-16-11(8)9/h1-7H,(H2,15,17,18). The second-order valence-corrected chi connectivity index (χ2v) is 4.60. The summed E-state index contributed by atoms with van der Waals surface area (Å²) in [5, 5.41) is 0.998. The number of nitrogen functional groups attached to an aromatic ring is 1. The van der Waals surface area contributed by atoms with Crippen molar-refractivity contribution in [3.63, 3.8) is 0 Å². The van der Waals surface area contributed by atoms with Gasteiger partial charge in [0.15, 0.2) is 5.75 Å². The number of rotatable bonds is 2. The lowest BCUT2D eigenvalue weighted by atomic mass is 10.2. The number of anilines is 1. The normalized spacial score (nSPS) is 10.6. The van der Waals surface area contributed by atoms with Crippen molar-refractivity contribution in [1.82, 2.24) is 15.0 Å². The molecule has 0 aliphatic rings. The van der Waals surface area contributed by atoms with Gasteiger partial charge in [0.2, 0.25) is 5.88 Å². The Bertz CT molecular complexity index is 742. The van der Waals surface area contributed by atoms with Gasteiger partial charge in [-0.05, 0) is 28.1 Å². The molecule has 19 heavy (non-hydrogen) atoms. The average molecular weight is 317 g/mol. The SMILES string of the molecule is Nc1ncnc(Oc2cccc3cccnc23)c1Br. The molecule has 0 amide bonds. The van der Waals surface area contributed by atoms with Gasteiger partial charge in [-0.15, -0.1) is 0 Å². The average Bonchev–Trinajstić information content (AvgIpc) is 2.44. The van der Waals surface area contributed by atoms with Crippen molar-refractivity contribution < 1.29 is 4.74 Å². The largest absolute Gasteiger partial charge is 0.435 e. The summed E-state index contributed by atoms with van der Waals surface area (Å²) in [7, 11) is 0. The number of pyridine rings is 1. The van der Waals surface area contributed by atoms with Crippen molar-refractivity contribution >= 4 is 32.7 Å². The molecule has 94 valence electrons. The Kier molecular flexibility index (Phi) is 3.00. The van der Waals surface area contributed by atoms with Crippen LogP contribution in [0.25, 0.3) is 10.9 Å². The highest BCUT2D eigenvalue weighted by atomic mass is 79.9. The summed E-state index contributed by atoms with van der Waals surface area (Å²) in [5.41, 5.74) is 6.47. The third kappa shape index (κ3) is 2.22. The number of benzene rings is 1. The molecule has 0 bridgehead atoms. The van der Waals surface area contributed by atoms with Crippen LogP contribution in [0.4, 0.5) is 5.82 Å². The van der Waals surface area contributed by atoms with Gasteiger partial charge < -0.3 is 10.5 Å². The fourth-order valence-electron chi connectivity index (χ4n) is 1.70. The summed E-state index contributed by atoms with van der Waals surface area (Å²) < 4.78 is 6.29. The number of nitrogens with zero attached hydrogens (tertiary/aromatic N) is 3. The van der Waals surface area contributed by atoms with Crippen molar-refractivity contribution in [1.29, 1.82) is 0 Å². The highest BCUT2D eigenvalue weighted by Crippen LogP contribution is 2.33. The summed E-state index contributed by atoms with van der Waals surface area (Å²) in [6.07, 6.45) is 3.08. The van der Waals surface area contributed by atoms with Crippen LogP contribution in [0.15, 0.2) is 47.3 Å². The van der Waals surface area contributed by atoms with Gasteiger partial charge >= 0.3 is 0 Å². The predicted octanol–water partition coefficient (Wildman–Crippen LogP) is 3.16. The fourth-order valence-corrected chi connectivity index (χ4v) is 1.99. The molecular formula is C13H9BrN4O. The zero-order valence-corrected chi connectivity index (χ0v) is 11.3. The molecule has 0 aliphatic heterocycles. The lowest BCUT2D eigenvalue weighted by molar-refractivity contribution is 0.463. The molecule has 3 aromatic rings. The van der Waals surface area contributed by atoms with Crippen molar-refractivity contribution in [3.8, 4) is 11.6 Å². The Morgan fingerprint density at radius 1 is 1.05 bits per heavy atom. The van der Waals surface area contributed by atoms with Gasteiger partial charge in [-0.1, -0.05) is 18.2 Å². The van der Waals surface area contributed by atoms with Gasteiger partial charge in [0.1, 0.15) is 22.1 Å². The molecule has 2 heterocycles. The van der Waals surface area contributed by atoms with Crippen molar-refractivity contribution in [2.75, 3.05) is 5.73 Å². The van der Waals surface area contributed by atoms with Crippen LogP contribution in [0.1, 0.15) is 0 Å². The van der Waals surface area contributed by atoms with E-state index in [0.29, 0.717) is 21.9 Å². The lowest BCUT2D eigenvalue weighted by Gasteiger charge is -2.09. The van der Waals surface area contributed by atoms with Gasteiger partial charge in [0.25, 0.3) is 0 Å². The highest BCUT2D eigenvalue weighted by molar-refractivity contribution is 9.10. The molecule has 0 saturated heterocycles. The first-order valence-corrected chi connectivity index (χ1v) is 6.32. The minimum absolute atomic E-state index is 0.332. The van der Waals surface area contributed by atoms with E-state index >= 15 is 0 Å². The van der Waals surface area contributed by atoms with Crippen LogP contribution in [0, 0.1) is 0 Å². The van der Waals surface area contributed by atoms with Crippen molar-refractivity contribution in [2.45, 2.75) is 0 Å². The topological polar surface area (TPSA) is 73.9 Å². The molecule has 0 spiro atoms. The van der Waals surface area contributed by atoms with Crippen LogP contribution in [-0.2, 0) is 0 Å². The molecule has 0 unspecified atom stereocenters. The first-order chi connectivity index (χ1) is 9.25. The summed E-state index contributed by atoms with van der Waals surface area (Å²) in [4.78, 5) is 12.2. The van der Waals surface area contributed by atoms with Crippen LogP contribution in [0.5, 0.6) is 11.6 Å². The number of nitrogens with two attached hydrogens (primary N) is 1. The molecule has 3 rings (SSSR count). The second-order valence-electron chi connectivity index (χ2n) is 3.81. The summed E-state index contributed by atoms with van der Waals surface area (Å²) >= 11 is 3.31. The molecule has 0 atom stereocenters. The molecule has 0 aliphatic carbocycles. The fraction of sp³-hybridized carbons (Fsp3) is 0. The first-order valence-electron chi connectivity index (χ1n) is 5.53. The van der Waals surface area contributed by atoms with Gasteiger partial charge in [0.05, 0.1) is 0 Å². The van der Waals surface area contributed by atoms with E-state index in [-0.39, 0.29) is 0 Å². The number of aromatic nitrogens is 3. The second kappa shape index (κ2) is 4.81. The maximum absolute atomic E-state index is 5.76. The number of hydrogen-bond donors (Lipinski definition) is 1. The van der Waals surface area contributed by atoms with E-state index in [1.807, 2.05) is 30.3 Å². The molecule has 5 nitrogen and oxygen atoms in total. The van der Waals surface area contributed by atoms with E-state index in [1.54, 1.807) is 6.20 Å². The van der Waals surface area contributed by atoms with E-state index in [2.05, 4.69) is 30.9 Å². The Morgan fingerprint density at radius 2 is 1.89 bits per heavy atom. The Morgan fingerprint density at radius 3 is 2.79 bits per heavy atom. The predicted molar refractivity (Wildman–Crippen MR) is 76.0 cm³/mol. The van der Waals surface area contributed by atoms with Crippen LogP contribution in [-0.4, -0.2) is 15.0 Å². The molecule has 2 aromatic heterocycles. The van der Waals surface area contributed by atoms with Gasteiger partial charge in [0, 0.05) is 11.6 Å². The van der Waals surface area contributed by atoms with Crippen LogP contribution >= 0.6 is 15.9 Å². The minimum atomic E-state index is 0.332. The number of para-hydroxylation sites is 1. The Hall–Kier alpha value is -2.21. The van der Waals surface area contributed by atoms with Crippen LogP contribution in [0.2, 0.25) is 0 Å². The van der Waals surface area contributed by atoms with E-state index in [1.165, 1.54) is 6.33 Å². The Labute approximate surface area is 117 Å². The minimum Gasteiger partial charge on any atom is -0.435 e. The third-order valence-electron chi connectivity index (χ3n) is 2.59. The maximum atomic E-state index is 5.76. The van der Waals surface area contributed by atoms with Crippen molar-refractivity contribution in [2.24, 2.45) is 0 Å². The molecule has 0 radical (unpaired) electrons. The number of hydrogen-bond acceptors (Lipinski definition) is 5. The number of fused-ring (bicyclic) bond motifs is 1. The quantitative estimate of drug-likeness (QED) is 0.786. The highest BCUT2D eigenvalue weighted by Gasteiger charge is 2.10. The summed E-state index contributed by atoms with van der Waals surface area (Å²) in [5.74, 6) is 1.32. The molecule has 6 heteroatoms. The van der Waals surface area contributed by atoms with E-state index in [0.717, 1.165) is 10.9 Å². The zero-order valence-electron chi connectivity index (χ0n) is 9.75. The lowest BCUT2D eigenvalue weighted by Crippen LogP contribution is -1.97. The monoisotopic (exact) mass is 316 g/mol. The first kappa shape index (κ1) is 11.9. The molecule has 2 N–H and O–H groups in total. The maximum Gasteiger partial charge on any atom is 0.238 e. The smallest absolute Gasteiger partial charge is 0.238 e. The van der Waals surface area contributed by atoms with E-state index in [9.17, 15) is 0 Å². The molecule has 0 saturated carbocycles. The number of ether oxygens (including phenoxy) is 1. The van der Waals surface area contributed by atoms with Gasteiger partial charge in [-0.2, -0.15) is 0 Å². The van der Waals surface area contributed by atoms with Crippen LogP contribution < -0.4 is 10.5 Å². The molecule has 0 fully saturated rings. The number of halogens is 1. The molecule has 1 aromatic carbocycles. The molecular weight excluding hydrogens is 308 g/mol. The van der Waals surface area contributed by atoms with E-state index < -0.39 is 0 Å². The van der Waals surface area contributed by atoms with Gasteiger partial charge in [-0.3, -0.25) is 4.98 Å². The zero-order chi connectivity index (χ0) is 13.2. The van der Waals surface area contributed by atoms with Gasteiger partial charge in [-0.25, -0.2) is 9.97 Å². The van der Waals surface area contributed by atoms with Crippen LogP contribution in [0.3, 0.4) is 0 Å². The Balaban J connectivity index is 2.09. The van der Waals surface area contributed by atoms with Crippen molar-refractivity contribution in [3.05, 3.63) is 47.3 Å².